The smallest absolute Gasteiger partial charge is 0.222 e. The fourth-order valence-corrected chi connectivity index (χ4v) is 4.72. The van der Waals surface area contributed by atoms with Crippen molar-refractivity contribution in [2.45, 2.75) is 75.9 Å². The highest BCUT2D eigenvalue weighted by atomic mass is 35.5. The van der Waals surface area contributed by atoms with Crippen LogP contribution in [0.1, 0.15) is 57.8 Å². The molecule has 2 bridgehead atoms. The summed E-state index contributed by atoms with van der Waals surface area (Å²) in [6, 6.07) is 2.06. The number of fused-ring (bicyclic) bond motifs is 2. The van der Waals surface area contributed by atoms with Crippen molar-refractivity contribution in [3.63, 3.8) is 0 Å². The molecule has 142 valence electrons. The van der Waals surface area contributed by atoms with Crippen LogP contribution >= 0.6 is 24.8 Å². The van der Waals surface area contributed by atoms with Crippen LogP contribution in [0.2, 0.25) is 0 Å². The van der Waals surface area contributed by atoms with Gasteiger partial charge in [-0.25, -0.2) is 0 Å². The van der Waals surface area contributed by atoms with Gasteiger partial charge in [0.15, 0.2) is 0 Å². The van der Waals surface area contributed by atoms with E-state index in [1.54, 1.807) is 0 Å². The van der Waals surface area contributed by atoms with E-state index in [1.807, 2.05) is 11.9 Å². The molecule has 0 aromatic carbocycles. The van der Waals surface area contributed by atoms with Gasteiger partial charge in [0.2, 0.25) is 5.91 Å². The number of nitrogens with zero attached hydrogens (tertiary/aromatic N) is 2. The summed E-state index contributed by atoms with van der Waals surface area (Å²) in [7, 11) is 4.23. The van der Waals surface area contributed by atoms with E-state index in [-0.39, 0.29) is 24.8 Å². The molecular formula is C18H35Cl2N3O. The standard InChI is InChI=1S/C18H33N3O.2ClH/c1-20-9-4-3-5-17(20)8-10-21(2)18(22)13-14-11-15-6-7-16(12-14)19-15;;/h14-17,19H,3-13H2,1-2H3;2*1H. The van der Waals surface area contributed by atoms with E-state index in [4.69, 9.17) is 0 Å². The van der Waals surface area contributed by atoms with Crippen molar-refractivity contribution in [2.24, 2.45) is 5.92 Å². The van der Waals surface area contributed by atoms with E-state index < -0.39 is 0 Å². The lowest BCUT2D eigenvalue weighted by molar-refractivity contribution is -0.131. The van der Waals surface area contributed by atoms with Gasteiger partial charge in [-0.05, 0) is 64.5 Å². The molecular weight excluding hydrogens is 345 g/mol. The summed E-state index contributed by atoms with van der Waals surface area (Å²) in [5.74, 6) is 0.982. The van der Waals surface area contributed by atoms with E-state index in [0.717, 1.165) is 19.4 Å². The van der Waals surface area contributed by atoms with Gasteiger partial charge in [0, 0.05) is 38.1 Å². The average molecular weight is 380 g/mol. The zero-order chi connectivity index (χ0) is 15.5. The molecule has 6 heteroatoms. The monoisotopic (exact) mass is 379 g/mol. The minimum absolute atomic E-state index is 0. The molecule has 3 atom stereocenters. The molecule has 0 spiro atoms. The number of carbonyl (C=O) groups excluding carboxylic acids is 1. The lowest BCUT2D eigenvalue weighted by Gasteiger charge is -2.34. The molecule has 3 aliphatic heterocycles. The van der Waals surface area contributed by atoms with E-state index in [2.05, 4.69) is 17.3 Å². The van der Waals surface area contributed by atoms with Crippen LogP contribution in [0.4, 0.5) is 0 Å². The topological polar surface area (TPSA) is 35.6 Å². The number of halogens is 2. The third-order valence-electron chi connectivity index (χ3n) is 6.18. The SMILES string of the molecule is CN(CCC1CCCCN1C)C(=O)CC1CC2CCC(C1)N2.Cl.Cl. The molecule has 0 saturated carbocycles. The summed E-state index contributed by atoms with van der Waals surface area (Å²) in [5, 5.41) is 3.67. The number of piperidine rings is 2. The molecule has 3 aliphatic rings. The number of hydrogen-bond acceptors (Lipinski definition) is 3. The van der Waals surface area contributed by atoms with Gasteiger partial charge >= 0.3 is 0 Å². The van der Waals surface area contributed by atoms with Crippen LogP contribution in [0.25, 0.3) is 0 Å². The average Bonchev–Trinajstić information content (AvgIpc) is 2.85. The first-order valence-corrected chi connectivity index (χ1v) is 9.32. The predicted octanol–water partition coefficient (Wildman–Crippen LogP) is 3.08. The number of carbonyl (C=O) groups is 1. The third-order valence-corrected chi connectivity index (χ3v) is 6.18. The summed E-state index contributed by atoms with van der Waals surface area (Å²) < 4.78 is 0. The predicted molar refractivity (Wildman–Crippen MR) is 104 cm³/mol. The maximum atomic E-state index is 12.5. The van der Waals surface area contributed by atoms with Crippen molar-refractivity contribution < 1.29 is 4.79 Å². The number of rotatable bonds is 5. The third kappa shape index (κ3) is 5.76. The number of hydrogen-bond donors (Lipinski definition) is 1. The van der Waals surface area contributed by atoms with Crippen molar-refractivity contribution >= 4 is 30.7 Å². The van der Waals surface area contributed by atoms with E-state index in [1.165, 1.54) is 51.5 Å². The molecule has 0 aromatic heterocycles. The van der Waals surface area contributed by atoms with Crippen molar-refractivity contribution in [3.8, 4) is 0 Å². The Labute approximate surface area is 159 Å². The van der Waals surface area contributed by atoms with Gasteiger partial charge in [0.1, 0.15) is 0 Å². The van der Waals surface area contributed by atoms with Crippen LogP contribution in [-0.4, -0.2) is 61.0 Å². The number of amides is 1. The molecule has 1 N–H and O–H groups in total. The molecule has 4 nitrogen and oxygen atoms in total. The van der Waals surface area contributed by atoms with Crippen LogP contribution in [0.3, 0.4) is 0 Å². The fraction of sp³-hybridized carbons (Fsp3) is 0.944. The van der Waals surface area contributed by atoms with Crippen LogP contribution in [-0.2, 0) is 4.79 Å². The highest BCUT2D eigenvalue weighted by molar-refractivity contribution is 5.85. The van der Waals surface area contributed by atoms with Crippen molar-refractivity contribution in [2.75, 3.05) is 27.2 Å². The van der Waals surface area contributed by atoms with Gasteiger partial charge in [-0.3, -0.25) is 4.79 Å². The Bertz CT molecular complexity index is 384. The maximum absolute atomic E-state index is 12.5. The molecule has 3 fully saturated rings. The summed E-state index contributed by atoms with van der Waals surface area (Å²) in [4.78, 5) is 17.0. The van der Waals surface area contributed by atoms with Gasteiger partial charge in [0.05, 0.1) is 0 Å². The van der Waals surface area contributed by atoms with E-state index in [0.29, 0.717) is 30.0 Å². The van der Waals surface area contributed by atoms with Gasteiger partial charge in [-0.2, -0.15) is 0 Å². The van der Waals surface area contributed by atoms with E-state index >= 15 is 0 Å². The number of nitrogens with one attached hydrogen (secondary N) is 1. The molecule has 3 heterocycles. The Kier molecular flexibility index (Phi) is 9.35. The van der Waals surface area contributed by atoms with Gasteiger partial charge in [-0.15, -0.1) is 24.8 Å². The molecule has 3 saturated heterocycles. The van der Waals surface area contributed by atoms with Crippen molar-refractivity contribution in [1.29, 1.82) is 0 Å². The Hall–Kier alpha value is -0.0300. The highest BCUT2D eigenvalue weighted by Crippen LogP contribution is 2.33. The van der Waals surface area contributed by atoms with Crippen LogP contribution in [0.5, 0.6) is 0 Å². The molecule has 24 heavy (non-hydrogen) atoms. The molecule has 3 rings (SSSR count). The maximum Gasteiger partial charge on any atom is 0.222 e. The van der Waals surface area contributed by atoms with Crippen LogP contribution in [0.15, 0.2) is 0 Å². The van der Waals surface area contributed by atoms with Gasteiger partial charge < -0.3 is 15.1 Å². The molecule has 1 amide bonds. The fourth-order valence-electron chi connectivity index (χ4n) is 4.72. The first-order chi connectivity index (χ1) is 10.6. The zero-order valence-electron chi connectivity index (χ0n) is 15.2. The Morgan fingerprint density at radius 1 is 1.12 bits per heavy atom. The largest absolute Gasteiger partial charge is 0.346 e. The molecule has 3 unspecified atom stereocenters. The molecule has 0 radical (unpaired) electrons. The van der Waals surface area contributed by atoms with Crippen LogP contribution < -0.4 is 5.32 Å². The van der Waals surface area contributed by atoms with Crippen molar-refractivity contribution in [1.82, 2.24) is 15.1 Å². The molecule has 0 aliphatic carbocycles. The zero-order valence-corrected chi connectivity index (χ0v) is 16.8. The summed E-state index contributed by atoms with van der Waals surface area (Å²) in [6.07, 6.45) is 10.9. The summed E-state index contributed by atoms with van der Waals surface area (Å²) in [6.45, 7) is 2.14. The Morgan fingerprint density at radius 2 is 1.79 bits per heavy atom. The first-order valence-electron chi connectivity index (χ1n) is 9.32. The number of likely N-dealkylation sites (tertiary alicyclic amines) is 1. The second-order valence-electron chi connectivity index (χ2n) is 7.91. The molecule has 0 aromatic rings. The summed E-state index contributed by atoms with van der Waals surface area (Å²) >= 11 is 0. The second-order valence-corrected chi connectivity index (χ2v) is 7.91. The Morgan fingerprint density at radius 3 is 2.42 bits per heavy atom. The van der Waals surface area contributed by atoms with E-state index in [9.17, 15) is 4.79 Å². The normalized spacial score (nSPS) is 32.6. The van der Waals surface area contributed by atoms with Crippen molar-refractivity contribution in [3.05, 3.63) is 0 Å². The minimum atomic E-state index is 0. The van der Waals surface area contributed by atoms with Gasteiger partial charge in [-0.1, -0.05) is 6.42 Å². The highest BCUT2D eigenvalue weighted by Gasteiger charge is 2.34. The minimum Gasteiger partial charge on any atom is -0.346 e. The lowest BCUT2D eigenvalue weighted by Crippen LogP contribution is -2.41. The van der Waals surface area contributed by atoms with Gasteiger partial charge in [0.25, 0.3) is 0 Å². The first kappa shape index (κ1) is 22.0. The lowest BCUT2D eigenvalue weighted by atomic mass is 9.89. The van der Waals surface area contributed by atoms with Crippen LogP contribution in [0, 0.1) is 5.92 Å². The second kappa shape index (κ2) is 10.2. The quantitative estimate of drug-likeness (QED) is 0.796. The summed E-state index contributed by atoms with van der Waals surface area (Å²) in [5.41, 5.74) is 0. The Balaban J connectivity index is 0.00000144.